The number of aliphatic hydroxyl groups excluding tert-OH is 2. The van der Waals surface area contributed by atoms with Gasteiger partial charge < -0.3 is 14.9 Å². The smallest absolute Gasteiger partial charge is 0.0900 e. The maximum atomic E-state index is 10.6. The molecule has 0 spiro atoms. The van der Waals surface area contributed by atoms with Gasteiger partial charge in [0.2, 0.25) is 0 Å². The second-order valence-electron chi connectivity index (χ2n) is 9.23. The molecule has 2 fully saturated rings. The zero-order valence-corrected chi connectivity index (χ0v) is 16.5. The highest BCUT2D eigenvalue weighted by atomic mass is 16.5. The third-order valence-electron chi connectivity index (χ3n) is 6.73. The highest BCUT2D eigenvalue weighted by molar-refractivity contribution is 5.14. The Kier molecular flexibility index (Phi) is 6.07. The van der Waals surface area contributed by atoms with Gasteiger partial charge in [0.05, 0.1) is 25.4 Å². The molecule has 4 nitrogen and oxygen atoms in total. The van der Waals surface area contributed by atoms with Crippen molar-refractivity contribution in [3.63, 3.8) is 0 Å². The molecule has 146 valence electrons. The lowest BCUT2D eigenvalue weighted by Crippen LogP contribution is -2.45. The van der Waals surface area contributed by atoms with Gasteiger partial charge in [-0.1, -0.05) is 51.1 Å². The predicted molar refractivity (Wildman–Crippen MR) is 104 cm³/mol. The summed E-state index contributed by atoms with van der Waals surface area (Å²) in [6, 6.07) is 10.2. The number of nitrogens with zero attached hydrogens (tertiary/aromatic N) is 1. The van der Waals surface area contributed by atoms with Gasteiger partial charge in [0.1, 0.15) is 0 Å². The van der Waals surface area contributed by atoms with Crippen molar-refractivity contribution in [1.82, 2.24) is 4.90 Å². The highest BCUT2D eigenvalue weighted by Crippen LogP contribution is 2.63. The second-order valence-corrected chi connectivity index (χ2v) is 9.23. The van der Waals surface area contributed by atoms with Crippen molar-refractivity contribution < 1.29 is 14.9 Å². The minimum absolute atomic E-state index is 0.0931. The first kappa shape index (κ1) is 19.8. The van der Waals surface area contributed by atoms with Crippen LogP contribution in [-0.2, 0) is 11.3 Å². The van der Waals surface area contributed by atoms with Crippen molar-refractivity contribution in [3.05, 3.63) is 35.9 Å². The summed E-state index contributed by atoms with van der Waals surface area (Å²) in [4.78, 5) is 2.09. The minimum Gasteiger partial charge on any atom is -0.395 e. The van der Waals surface area contributed by atoms with Gasteiger partial charge in [0.15, 0.2) is 0 Å². The maximum Gasteiger partial charge on any atom is 0.0900 e. The van der Waals surface area contributed by atoms with Gasteiger partial charge in [-0.25, -0.2) is 0 Å². The average molecular weight is 362 g/mol. The van der Waals surface area contributed by atoms with Gasteiger partial charge in [-0.2, -0.15) is 0 Å². The Morgan fingerprint density at radius 1 is 1.23 bits per heavy atom. The molecule has 1 aromatic rings. The third kappa shape index (κ3) is 4.14. The fourth-order valence-electron chi connectivity index (χ4n) is 5.45. The fourth-order valence-corrected chi connectivity index (χ4v) is 5.45. The molecule has 0 aromatic heterocycles. The molecule has 4 heteroatoms. The third-order valence-corrected chi connectivity index (χ3v) is 6.73. The highest BCUT2D eigenvalue weighted by Gasteiger charge is 2.60. The van der Waals surface area contributed by atoms with Crippen LogP contribution in [0.2, 0.25) is 0 Å². The Hall–Kier alpha value is -0.940. The van der Waals surface area contributed by atoms with Crippen molar-refractivity contribution in [2.75, 3.05) is 26.3 Å². The van der Waals surface area contributed by atoms with Gasteiger partial charge in [-0.3, -0.25) is 4.90 Å². The lowest BCUT2D eigenvalue weighted by molar-refractivity contribution is -0.113. The van der Waals surface area contributed by atoms with E-state index in [1.807, 2.05) is 18.2 Å². The van der Waals surface area contributed by atoms with Crippen molar-refractivity contribution in [1.29, 1.82) is 0 Å². The molecule has 2 bridgehead atoms. The van der Waals surface area contributed by atoms with Gasteiger partial charge >= 0.3 is 0 Å². The monoisotopic (exact) mass is 361 g/mol. The summed E-state index contributed by atoms with van der Waals surface area (Å²) < 4.78 is 6.31. The van der Waals surface area contributed by atoms with E-state index in [9.17, 15) is 10.2 Å². The fraction of sp³-hybridized carbons (Fsp3) is 0.727. The second kappa shape index (κ2) is 7.97. The van der Waals surface area contributed by atoms with E-state index in [2.05, 4.69) is 37.8 Å². The first-order valence-corrected chi connectivity index (χ1v) is 10.0. The maximum absolute atomic E-state index is 10.6. The van der Waals surface area contributed by atoms with Crippen molar-refractivity contribution in [2.24, 2.45) is 16.7 Å². The van der Waals surface area contributed by atoms with Crippen LogP contribution in [0.5, 0.6) is 0 Å². The number of ether oxygens (including phenoxy) is 1. The Bertz CT molecular complexity index is 571. The van der Waals surface area contributed by atoms with E-state index in [1.165, 1.54) is 24.8 Å². The first-order chi connectivity index (χ1) is 12.3. The molecule has 2 N–H and O–H groups in total. The SMILES string of the molecule is CC1(C)[C@H]2CC[C@](C)(C2)[C@@H]1OC[C@H](O)CN(CCO)Cc1ccccc1. The van der Waals surface area contributed by atoms with Gasteiger partial charge in [0, 0.05) is 19.6 Å². The molecule has 0 aliphatic heterocycles. The molecule has 1 aromatic carbocycles. The Morgan fingerprint density at radius 3 is 2.58 bits per heavy atom. The lowest BCUT2D eigenvalue weighted by atomic mass is 9.70. The van der Waals surface area contributed by atoms with Crippen LogP contribution in [-0.4, -0.2) is 53.6 Å². The van der Waals surface area contributed by atoms with Gasteiger partial charge in [0.25, 0.3) is 0 Å². The Morgan fingerprint density at radius 2 is 1.96 bits per heavy atom. The predicted octanol–water partition coefficient (Wildman–Crippen LogP) is 3.07. The molecule has 3 rings (SSSR count). The molecule has 26 heavy (non-hydrogen) atoms. The van der Waals surface area contributed by atoms with Crippen LogP contribution in [0.4, 0.5) is 0 Å². The molecular weight excluding hydrogens is 326 g/mol. The van der Waals surface area contributed by atoms with Crippen LogP contribution in [0, 0.1) is 16.7 Å². The van der Waals surface area contributed by atoms with Gasteiger partial charge in [-0.15, -0.1) is 0 Å². The standard InChI is InChI=1S/C22H35NO3/c1-21(2)18-9-10-22(3,13-18)20(21)26-16-19(25)15-23(11-12-24)14-17-7-5-4-6-8-17/h4-8,18-20,24-25H,9-16H2,1-3H3/t18-,19+,20+,22+/m0/s1. The summed E-state index contributed by atoms with van der Waals surface area (Å²) in [5.74, 6) is 0.749. The molecule has 4 atom stereocenters. The van der Waals surface area contributed by atoms with E-state index in [4.69, 9.17) is 4.74 Å². The van der Waals surface area contributed by atoms with Crippen LogP contribution >= 0.6 is 0 Å². The number of aliphatic hydroxyl groups is 2. The first-order valence-electron chi connectivity index (χ1n) is 10.0. The van der Waals surface area contributed by atoms with E-state index in [0.29, 0.717) is 19.7 Å². The van der Waals surface area contributed by atoms with Crippen LogP contribution in [0.3, 0.4) is 0 Å². The van der Waals surface area contributed by atoms with Crippen molar-refractivity contribution >= 4 is 0 Å². The van der Waals surface area contributed by atoms with E-state index in [-0.39, 0.29) is 23.5 Å². The largest absolute Gasteiger partial charge is 0.395 e. The molecule has 0 heterocycles. The zero-order chi connectivity index (χ0) is 18.8. The van der Waals surface area contributed by atoms with Crippen LogP contribution in [0.15, 0.2) is 30.3 Å². The van der Waals surface area contributed by atoms with Crippen LogP contribution < -0.4 is 0 Å². The normalized spacial score (nSPS) is 30.8. The van der Waals surface area contributed by atoms with E-state index in [1.54, 1.807) is 0 Å². The summed E-state index contributed by atoms with van der Waals surface area (Å²) >= 11 is 0. The molecule has 2 aliphatic carbocycles. The average Bonchev–Trinajstić information content (AvgIpc) is 3.06. The summed E-state index contributed by atoms with van der Waals surface area (Å²) in [6.45, 7) is 9.27. The molecule has 0 amide bonds. The van der Waals surface area contributed by atoms with Crippen molar-refractivity contribution in [3.8, 4) is 0 Å². The van der Waals surface area contributed by atoms with Gasteiger partial charge in [-0.05, 0) is 41.6 Å². The Balaban J connectivity index is 1.53. The number of hydrogen-bond acceptors (Lipinski definition) is 4. The molecule has 0 saturated heterocycles. The summed E-state index contributed by atoms with van der Waals surface area (Å²) in [7, 11) is 0. The summed E-state index contributed by atoms with van der Waals surface area (Å²) in [6.07, 6.45) is 3.50. The lowest BCUT2D eigenvalue weighted by Gasteiger charge is -2.42. The quantitative estimate of drug-likeness (QED) is 0.710. The molecular formula is C22H35NO3. The number of benzene rings is 1. The van der Waals surface area contributed by atoms with Crippen LogP contribution in [0.1, 0.15) is 45.6 Å². The zero-order valence-electron chi connectivity index (χ0n) is 16.5. The Labute approximate surface area is 158 Å². The summed E-state index contributed by atoms with van der Waals surface area (Å²) in [5, 5.41) is 19.9. The molecule has 2 saturated carbocycles. The minimum atomic E-state index is -0.538. The number of rotatable bonds is 9. The molecule has 0 radical (unpaired) electrons. The number of fused-ring (bicyclic) bond motifs is 2. The van der Waals surface area contributed by atoms with Crippen molar-refractivity contribution in [2.45, 2.75) is 58.8 Å². The van der Waals surface area contributed by atoms with Crippen LogP contribution in [0.25, 0.3) is 0 Å². The van der Waals surface area contributed by atoms with E-state index in [0.717, 1.165) is 12.5 Å². The number of hydrogen-bond donors (Lipinski definition) is 2. The molecule has 2 aliphatic rings. The molecule has 0 unspecified atom stereocenters. The van der Waals surface area contributed by atoms with E-state index >= 15 is 0 Å². The van der Waals surface area contributed by atoms with E-state index < -0.39 is 6.10 Å². The summed E-state index contributed by atoms with van der Waals surface area (Å²) in [5.41, 5.74) is 1.65. The topological polar surface area (TPSA) is 52.9 Å².